The monoisotopic (exact) mass is 401 g/mol. The molecule has 0 spiro atoms. The Bertz CT molecular complexity index is 1140. The summed E-state index contributed by atoms with van der Waals surface area (Å²) < 4.78 is 26.7. The van der Waals surface area contributed by atoms with Crippen molar-refractivity contribution in [2.24, 2.45) is 0 Å². The van der Waals surface area contributed by atoms with Gasteiger partial charge >= 0.3 is 11.7 Å². The van der Waals surface area contributed by atoms with Crippen molar-refractivity contribution in [1.82, 2.24) is 0 Å². The van der Waals surface area contributed by atoms with E-state index in [4.69, 9.17) is 28.5 Å². The number of rotatable bonds is 6. The summed E-state index contributed by atoms with van der Waals surface area (Å²) >= 11 is 0. The molecule has 2 N–H and O–H groups in total. The molecule has 0 aliphatic rings. The lowest BCUT2D eigenvalue weighted by atomic mass is 10.00. The molecule has 0 atom stereocenters. The van der Waals surface area contributed by atoms with Gasteiger partial charge < -0.3 is 28.5 Å². The number of carbonyl (C=O) groups is 1. The summed E-state index contributed by atoms with van der Waals surface area (Å²) in [6.45, 7) is 0. The van der Waals surface area contributed by atoms with Crippen molar-refractivity contribution in [1.29, 1.82) is 0 Å². The molecule has 3 rings (SSSR count). The number of hydrogen-bond acceptors (Lipinski definition) is 7. The van der Waals surface area contributed by atoms with Crippen LogP contribution in [0.1, 0.15) is 0 Å². The van der Waals surface area contributed by atoms with Gasteiger partial charge in [0, 0.05) is 17.0 Å². The van der Waals surface area contributed by atoms with Crippen LogP contribution in [-0.2, 0) is 0 Å². The lowest BCUT2D eigenvalue weighted by Gasteiger charge is -2.16. The standard InChI is InChI=1S/C20H19NO8/c1-25-14-6-5-10(7-13(14)21-20(23)24)11-9-16(22)29-17-12(11)8-15(26-2)18(27-3)19(17)28-4/h5-9,21H,1-4H3,(H,23,24). The molecule has 9 heteroatoms. The Kier molecular flexibility index (Phi) is 5.49. The number of methoxy groups -OCH3 is 4. The van der Waals surface area contributed by atoms with Crippen LogP contribution in [0.3, 0.4) is 0 Å². The number of amides is 1. The van der Waals surface area contributed by atoms with E-state index in [0.29, 0.717) is 28.0 Å². The van der Waals surface area contributed by atoms with Crippen LogP contribution < -0.4 is 29.9 Å². The molecule has 0 fully saturated rings. The molecule has 1 heterocycles. The van der Waals surface area contributed by atoms with Gasteiger partial charge in [0.2, 0.25) is 11.5 Å². The molecule has 0 aliphatic heterocycles. The first-order valence-corrected chi connectivity index (χ1v) is 8.38. The van der Waals surface area contributed by atoms with Gasteiger partial charge in [-0.3, -0.25) is 5.32 Å². The fraction of sp³-hybridized carbons (Fsp3) is 0.200. The molecular formula is C20H19NO8. The van der Waals surface area contributed by atoms with E-state index >= 15 is 0 Å². The second-order valence-electron chi connectivity index (χ2n) is 5.85. The average Bonchev–Trinajstić information content (AvgIpc) is 2.71. The van der Waals surface area contributed by atoms with Crippen LogP contribution in [-0.4, -0.2) is 39.6 Å². The summed E-state index contributed by atoms with van der Waals surface area (Å²) in [5.41, 5.74) is 0.845. The second kappa shape index (κ2) is 8.01. The normalized spacial score (nSPS) is 10.5. The molecule has 9 nitrogen and oxygen atoms in total. The van der Waals surface area contributed by atoms with Crippen molar-refractivity contribution in [3.63, 3.8) is 0 Å². The molecule has 3 aromatic rings. The van der Waals surface area contributed by atoms with Crippen LogP contribution in [0, 0.1) is 0 Å². The van der Waals surface area contributed by atoms with E-state index in [1.807, 2.05) is 0 Å². The first-order chi connectivity index (χ1) is 13.9. The van der Waals surface area contributed by atoms with E-state index < -0.39 is 11.7 Å². The van der Waals surface area contributed by atoms with E-state index in [2.05, 4.69) is 5.32 Å². The number of anilines is 1. The zero-order valence-electron chi connectivity index (χ0n) is 16.2. The first-order valence-electron chi connectivity index (χ1n) is 8.38. The van der Waals surface area contributed by atoms with Crippen molar-refractivity contribution < 1.29 is 33.3 Å². The number of carboxylic acid groups (broad SMARTS) is 1. The predicted octanol–water partition coefficient (Wildman–Crippen LogP) is 3.58. The number of fused-ring (bicyclic) bond motifs is 1. The Balaban J connectivity index is 2.36. The van der Waals surface area contributed by atoms with Crippen molar-refractivity contribution in [2.75, 3.05) is 33.8 Å². The fourth-order valence-corrected chi connectivity index (χ4v) is 3.08. The Morgan fingerprint density at radius 3 is 2.21 bits per heavy atom. The van der Waals surface area contributed by atoms with Crippen molar-refractivity contribution in [3.8, 4) is 34.1 Å². The molecular weight excluding hydrogens is 382 g/mol. The second-order valence-corrected chi connectivity index (χ2v) is 5.85. The molecule has 1 aromatic heterocycles. The highest BCUT2D eigenvalue weighted by Crippen LogP contribution is 2.45. The van der Waals surface area contributed by atoms with Gasteiger partial charge in [-0.25, -0.2) is 9.59 Å². The smallest absolute Gasteiger partial charge is 0.409 e. The maximum Gasteiger partial charge on any atom is 0.409 e. The summed E-state index contributed by atoms with van der Waals surface area (Å²) in [7, 11) is 5.77. The highest BCUT2D eigenvalue weighted by molar-refractivity contribution is 6.00. The van der Waals surface area contributed by atoms with Gasteiger partial charge in [-0.05, 0) is 23.8 Å². The Labute approximate surface area is 165 Å². The molecule has 2 aromatic carbocycles. The molecule has 0 aliphatic carbocycles. The first kappa shape index (κ1) is 19.9. The molecule has 0 radical (unpaired) electrons. The van der Waals surface area contributed by atoms with E-state index in [1.165, 1.54) is 34.5 Å². The fourth-order valence-electron chi connectivity index (χ4n) is 3.08. The molecule has 29 heavy (non-hydrogen) atoms. The third-order valence-electron chi connectivity index (χ3n) is 4.29. The minimum absolute atomic E-state index is 0.177. The Hall–Kier alpha value is -3.88. The third-order valence-corrected chi connectivity index (χ3v) is 4.29. The highest BCUT2D eigenvalue weighted by Gasteiger charge is 2.21. The Morgan fingerprint density at radius 1 is 0.931 bits per heavy atom. The molecule has 0 bridgehead atoms. The summed E-state index contributed by atoms with van der Waals surface area (Å²) in [4.78, 5) is 23.4. The third kappa shape index (κ3) is 3.62. The average molecular weight is 401 g/mol. The lowest BCUT2D eigenvalue weighted by molar-refractivity contribution is 0.209. The molecule has 0 saturated heterocycles. The van der Waals surface area contributed by atoms with Gasteiger partial charge in [0.25, 0.3) is 0 Å². The number of hydrogen-bond donors (Lipinski definition) is 2. The number of benzene rings is 2. The number of ether oxygens (including phenoxy) is 4. The summed E-state index contributed by atoms with van der Waals surface area (Å²) in [6.07, 6.45) is -1.24. The van der Waals surface area contributed by atoms with Crippen LogP contribution >= 0.6 is 0 Å². The zero-order valence-corrected chi connectivity index (χ0v) is 16.2. The SMILES string of the molecule is COc1ccc(-c2cc(=O)oc3c(OC)c(OC)c(OC)cc23)cc1NC(=O)O. The van der Waals surface area contributed by atoms with Crippen LogP contribution in [0.5, 0.6) is 23.0 Å². The maximum atomic E-state index is 12.3. The maximum absolute atomic E-state index is 12.3. The molecule has 0 unspecified atom stereocenters. The largest absolute Gasteiger partial charge is 0.495 e. The quantitative estimate of drug-likeness (QED) is 0.602. The van der Waals surface area contributed by atoms with Crippen molar-refractivity contribution >= 4 is 22.7 Å². The van der Waals surface area contributed by atoms with Gasteiger partial charge in [-0.15, -0.1) is 0 Å². The molecule has 0 saturated carbocycles. The van der Waals surface area contributed by atoms with Crippen LogP contribution in [0.2, 0.25) is 0 Å². The zero-order chi connectivity index (χ0) is 21.1. The molecule has 1 amide bonds. The highest BCUT2D eigenvalue weighted by atomic mass is 16.5. The summed E-state index contributed by atoms with van der Waals surface area (Å²) in [5.74, 6) is 1.20. The summed E-state index contributed by atoms with van der Waals surface area (Å²) in [6, 6.07) is 7.82. The predicted molar refractivity (Wildman–Crippen MR) is 106 cm³/mol. The minimum Gasteiger partial charge on any atom is -0.495 e. The van der Waals surface area contributed by atoms with Gasteiger partial charge in [0.15, 0.2) is 11.3 Å². The van der Waals surface area contributed by atoms with E-state index in [-0.39, 0.29) is 22.8 Å². The summed E-state index contributed by atoms with van der Waals surface area (Å²) in [5, 5.41) is 11.9. The molecule has 152 valence electrons. The van der Waals surface area contributed by atoms with Crippen LogP contribution in [0.4, 0.5) is 10.5 Å². The van der Waals surface area contributed by atoms with Gasteiger partial charge in [0.1, 0.15) is 5.75 Å². The topological polar surface area (TPSA) is 116 Å². The van der Waals surface area contributed by atoms with E-state index in [9.17, 15) is 9.59 Å². The van der Waals surface area contributed by atoms with Gasteiger partial charge in [0.05, 0.1) is 34.1 Å². The Morgan fingerprint density at radius 2 is 1.62 bits per heavy atom. The minimum atomic E-state index is -1.24. The van der Waals surface area contributed by atoms with Crippen molar-refractivity contribution in [3.05, 3.63) is 40.8 Å². The lowest BCUT2D eigenvalue weighted by Crippen LogP contribution is -2.08. The van der Waals surface area contributed by atoms with Gasteiger partial charge in [-0.1, -0.05) is 6.07 Å². The van der Waals surface area contributed by atoms with E-state index in [1.54, 1.807) is 24.3 Å². The van der Waals surface area contributed by atoms with Crippen molar-refractivity contribution in [2.45, 2.75) is 0 Å². The van der Waals surface area contributed by atoms with E-state index in [0.717, 1.165) is 0 Å². The van der Waals surface area contributed by atoms with Gasteiger partial charge in [-0.2, -0.15) is 0 Å². The van der Waals surface area contributed by atoms with Crippen LogP contribution in [0.15, 0.2) is 39.5 Å². The van der Waals surface area contributed by atoms with Crippen LogP contribution in [0.25, 0.3) is 22.1 Å². The number of nitrogens with one attached hydrogen (secondary N) is 1.